The highest BCUT2D eigenvalue weighted by atomic mass is 15.3. The summed E-state index contributed by atoms with van der Waals surface area (Å²) < 4.78 is 2.03. The van der Waals surface area contributed by atoms with Gasteiger partial charge >= 0.3 is 0 Å². The van der Waals surface area contributed by atoms with E-state index in [9.17, 15) is 0 Å². The second-order valence-corrected chi connectivity index (χ2v) is 6.22. The summed E-state index contributed by atoms with van der Waals surface area (Å²) in [5, 5.41) is 4.43. The molecular formula is C13H23N3. The number of aryl methyl sites for hydroxylation is 1. The van der Waals surface area contributed by atoms with Crippen molar-refractivity contribution >= 4 is 5.82 Å². The van der Waals surface area contributed by atoms with E-state index < -0.39 is 0 Å². The lowest BCUT2D eigenvalue weighted by atomic mass is 9.70. The molecule has 0 saturated heterocycles. The summed E-state index contributed by atoms with van der Waals surface area (Å²) in [5.41, 5.74) is 7.57. The Balaban J connectivity index is 2.24. The minimum atomic E-state index is 0.411. The van der Waals surface area contributed by atoms with Gasteiger partial charge in [0.25, 0.3) is 0 Å². The number of nitrogens with zero attached hydrogens (tertiary/aromatic N) is 2. The van der Waals surface area contributed by atoms with Gasteiger partial charge in [-0.1, -0.05) is 20.8 Å². The zero-order valence-corrected chi connectivity index (χ0v) is 10.8. The maximum absolute atomic E-state index is 6.07. The predicted octanol–water partition coefficient (Wildman–Crippen LogP) is 3.16. The maximum atomic E-state index is 6.07. The standard InChI is InChI=1S/C13H23N3/c1-9-5-11(7-13(3,4)6-9)16-12(14)10(2)8-15-16/h8-9,11H,5-7,14H2,1-4H3. The summed E-state index contributed by atoms with van der Waals surface area (Å²) in [6, 6.07) is 0.479. The van der Waals surface area contributed by atoms with Gasteiger partial charge in [0.1, 0.15) is 5.82 Å². The van der Waals surface area contributed by atoms with Crippen molar-refractivity contribution in [1.82, 2.24) is 9.78 Å². The molecule has 3 heteroatoms. The lowest BCUT2D eigenvalue weighted by molar-refractivity contribution is 0.131. The van der Waals surface area contributed by atoms with Crippen LogP contribution in [-0.4, -0.2) is 9.78 Å². The monoisotopic (exact) mass is 221 g/mol. The summed E-state index contributed by atoms with van der Waals surface area (Å²) in [6.07, 6.45) is 5.57. The van der Waals surface area contributed by atoms with Crippen molar-refractivity contribution in [2.24, 2.45) is 11.3 Å². The molecule has 0 spiro atoms. The molecule has 2 atom stereocenters. The van der Waals surface area contributed by atoms with Crippen molar-refractivity contribution in [2.45, 2.75) is 53.0 Å². The molecule has 1 aromatic heterocycles. The number of hydrogen-bond acceptors (Lipinski definition) is 2. The Hall–Kier alpha value is -0.990. The van der Waals surface area contributed by atoms with E-state index in [1.54, 1.807) is 0 Å². The van der Waals surface area contributed by atoms with Crippen molar-refractivity contribution in [3.05, 3.63) is 11.8 Å². The fraction of sp³-hybridized carbons (Fsp3) is 0.769. The first-order chi connectivity index (χ1) is 7.39. The van der Waals surface area contributed by atoms with Crippen LogP contribution in [-0.2, 0) is 0 Å². The van der Waals surface area contributed by atoms with Crippen LogP contribution in [0.15, 0.2) is 6.20 Å². The van der Waals surface area contributed by atoms with E-state index in [0.717, 1.165) is 17.3 Å². The van der Waals surface area contributed by atoms with Crippen molar-refractivity contribution in [3.63, 3.8) is 0 Å². The van der Waals surface area contributed by atoms with Gasteiger partial charge in [-0.2, -0.15) is 5.10 Å². The number of aromatic nitrogens is 2. The summed E-state index contributed by atoms with van der Waals surface area (Å²) in [4.78, 5) is 0. The van der Waals surface area contributed by atoms with Crippen LogP contribution in [0.5, 0.6) is 0 Å². The first kappa shape index (κ1) is 11.5. The molecule has 0 amide bonds. The first-order valence-electron chi connectivity index (χ1n) is 6.18. The van der Waals surface area contributed by atoms with Gasteiger partial charge in [0.15, 0.2) is 0 Å². The SMILES string of the molecule is Cc1cnn(C2CC(C)CC(C)(C)C2)c1N. The third-order valence-electron chi connectivity index (χ3n) is 3.74. The van der Waals surface area contributed by atoms with Gasteiger partial charge in [0, 0.05) is 5.56 Å². The Morgan fingerprint density at radius 2 is 2.12 bits per heavy atom. The number of rotatable bonds is 1. The molecule has 0 aromatic carbocycles. The largest absolute Gasteiger partial charge is 0.384 e. The average Bonchev–Trinajstić information content (AvgIpc) is 2.44. The second-order valence-electron chi connectivity index (χ2n) is 6.22. The fourth-order valence-corrected chi connectivity index (χ4v) is 3.23. The van der Waals surface area contributed by atoms with Crippen molar-refractivity contribution in [1.29, 1.82) is 0 Å². The number of hydrogen-bond donors (Lipinski definition) is 1. The highest BCUT2D eigenvalue weighted by Gasteiger charge is 2.33. The Bertz CT molecular complexity index is 379. The molecule has 16 heavy (non-hydrogen) atoms. The van der Waals surface area contributed by atoms with Crippen LogP contribution >= 0.6 is 0 Å². The molecule has 3 nitrogen and oxygen atoms in total. The lowest BCUT2D eigenvalue weighted by Gasteiger charge is -2.39. The highest BCUT2D eigenvalue weighted by Crippen LogP contribution is 2.44. The van der Waals surface area contributed by atoms with Crippen molar-refractivity contribution in [2.75, 3.05) is 5.73 Å². The summed E-state index contributed by atoms with van der Waals surface area (Å²) >= 11 is 0. The minimum absolute atomic E-state index is 0.411. The van der Waals surface area contributed by atoms with Crippen LogP contribution < -0.4 is 5.73 Å². The molecular weight excluding hydrogens is 198 g/mol. The normalized spacial score (nSPS) is 29.2. The van der Waals surface area contributed by atoms with E-state index in [-0.39, 0.29) is 0 Å². The fourth-order valence-electron chi connectivity index (χ4n) is 3.23. The topological polar surface area (TPSA) is 43.8 Å². The Morgan fingerprint density at radius 1 is 1.44 bits per heavy atom. The van der Waals surface area contributed by atoms with Gasteiger partial charge in [-0.3, -0.25) is 0 Å². The van der Waals surface area contributed by atoms with Crippen LogP contribution in [0.4, 0.5) is 5.82 Å². The molecule has 1 aliphatic carbocycles. The highest BCUT2D eigenvalue weighted by molar-refractivity contribution is 5.37. The van der Waals surface area contributed by atoms with Crippen molar-refractivity contribution < 1.29 is 0 Å². The Labute approximate surface area is 98.0 Å². The van der Waals surface area contributed by atoms with Gasteiger partial charge in [0.05, 0.1) is 12.2 Å². The molecule has 2 N–H and O–H groups in total. The van der Waals surface area contributed by atoms with Crippen molar-refractivity contribution in [3.8, 4) is 0 Å². The zero-order chi connectivity index (χ0) is 11.9. The minimum Gasteiger partial charge on any atom is -0.384 e. The molecule has 1 aromatic rings. The summed E-state index contributed by atoms with van der Waals surface area (Å²) in [6.45, 7) is 9.06. The van der Waals surface area contributed by atoms with Crippen LogP contribution in [0, 0.1) is 18.3 Å². The van der Waals surface area contributed by atoms with Crippen LogP contribution in [0.1, 0.15) is 51.6 Å². The van der Waals surface area contributed by atoms with E-state index in [0.29, 0.717) is 11.5 Å². The first-order valence-corrected chi connectivity index (χ1v) is 6.18. The molecule has 1 fully saturated rings. The van der Waals surface area contributed by atoms with E-state index in [2.05, 4.69) is 25.9 Å². The van der Waals surface area contributed by atoms with Crippen LogP contribution in [0.25, 0.3) is 0 Å². The molecule has 2 rings (SSSR count). The average molecular weight is 221 g/mol. The van der Waals surface area contributed by atoms with E-state index >= 15 is 0 Å². The second kappa shape index (κ2) is 3.79. The molecule has 90 valence electrons. The number of nitrogens with two attached hydrogens (primary N) is 1. The zero-order valence-electron chi connectivity index (χ0n) is 10.8. The third-order valence-corrected chi connectivity index (χ3v) is 3.74. The summed E-state index contributed by atoms with van der Waals surface area (Å²) in [5.74, 6) is 1.60. The van der Waals surface area contributed by atoms with Gasteiger partial charge in [0.2, 0.25) is 0 Å². The number of nitrogen functional groups attached to an aromatic ring is 1. The Kier molecular flexibility index (Phi) is 2.72. The third kappa shape index (κ3) is 2.08. The van der Waals surface area contributed by atoms with E-state index in [1.165, 1.54) is 19.3 Å². The summed E-state index contributed by atoms with van der Waals surface area (Å²) in [7, 11) is 0. The van der Waals surface area contributed by atoms with Crippen LogP contribution in [0.2, 0.25) is 0 Å². The maximum Gasteiger partial charge on any atom is 0.124 e. The number of anilines is 1. The lowest BCUT2D eigenvalue weighted by Crippen LogP contribution is -2.30. The van der Waals surface area contributed by atoms with E-state index in [1.807, 2.05) is 17.8 Å². The van der Waals surface area contributed by atoms with Gasteiger partial charge in [-0.15, -0.1) is 0 Å². The molecule has 0 radical (unpaired) electrons. The molecule has 2 unspecified atom stereocenters. The molecule has 0 aliphatic heterocycles. The smallest absolute Gasteiger partial charge is 0.124 e. The van der Waals surface area contributed by atoms with E-state index in [4.69, 9.17) is 5.73 Å². The molecule has 0 bridgehead atoms. The van der Waals surface area contributed by atoms with Gasteiger partial charge in [-0.25, -0.2) is 4.68 Å². The quantitative estimate of drug-likeness (QED) is 0.791. The predicted molar refractivity (Wildman–Crippen MR) is 67.2 cm³/mol. The van der Waals surface area contributed by atoms with Gasteiger partial charge < -0.3 is 5.73 Å². The molecule has 1 aliphatic rings. The van der Waals surface area contributed by atoms with Crippen LogP contribution in [0.3, 0.4) is 0 Å². The molecule has 1 saturated carbocycles. The van der Waals surface area contributed by atoms with Gasteiger partial charge in [-0.05, 0) is 37.5 Å². The molecule has 1 heterocycles. The Morgan fingerprint density at radius 3 is 2.62 bits per heavy atom.